The van der Waals surface area contributed by atoms with Crippen molar-refractivity contribution in [3.63, 3.8) is 0 Å². The summed E-state index contributed by atoms with van der Waals surface area (Å²) < 4.78 is 0. The van der Waals surface area contributed by atoms with Crippen LogP contribution in [0, 0.1) is 0 Å². The van der Waals surface area contributed by atoms with Crippen molar-refractivity contribution in [3.8, 4) is 5.75 Å². The van der Waals surface area contributed by atoms with Crippen molar-refractivity contribution in [3.05, 3.63) is 28.8 Å². The third-order valence-corrected chi connectivity index (χ3v) is 4.78. The molecule has 0 aliphatic heterocycles. The van der Waals surface area contributed by atoms with Gasteiger partial charge in [0.2, 0.25) is 0 Å². The molecule has 0 spiro atoms. The lowest BCUT2D eigenvalue weighted by Gasteiger charge is -2.35. The van der Waals surface area contributed by atoms with Crippen LogP contribution in [0.5, 0.6) is 5.75 Å². The molecule has 3 N–H and O–H groups in total. The van der Waals surface area contributed by atoms with Crippen molar-refractivity contribution in [1.29, 1.82) is 0 Å². The number of phenolic OH excluding ortho intramolecular Hbond substituents is 1. The summed E-state index contributed by atoms with van der Waals surface area (Å²) in [6, 6.07) is 4.29. The van der Waals surface area contributed by atoms with E-state index >= 15 is 0 Å². The topological polar surface area (TPSA) is 46.2 Å². The minimum absolute atomic E-state index is 0.283. The van der Waals surface area contributed by atoms with E-state index in [2.05, 4.69) is 12.1 Å². The van der Waals surface area contributed by atoms with Crippen LogP contribution in [0.15, 0.2) is 12.1 Å². The SMILES string of the molecule is NC1(c2ccc3c(c2O)CCCC3)CCCCC1. The van der Waals surface area contributed by atoms with Gasteiger partial charge in [-0.15, -0.1) is 0 Å². The zero-order chi connectivity index (χ0) is 12.6. The summed E-state index contributed by atoms with van der Waals surface area (Å²) >= 11 is 0. The molecule has 2 nitrogen and oxygen atoms in total. The van der Waals surface area contributed by atoms with Gasteiger partial charge in [0, 0.05) is 11.1 Å². The molecule has 0 aromatic heterocycles. The molecule has 1 saturated carbocycles. The summed E-state index contributed by atoms with van der Waals surface area (Å²) in [6.07, 6.45) is 10.3. The van der Waals surface area contributed by atoms with E-state index in [9.17, 15) is 5.11 Å². The lowest BCUT2D eigenvalue weighted by atomic mass is 9.75. The number of rotatable bonds is 1. The Bertz CT molecular complexity index is 447. The summed E-state index contributed by atoms with van der Waals surface area (Å²) in [5.74, 6) is 0.511. The van der Waals surface area contributed by atoms with Crippen molar-refractivity contribution >= 4 is 0 Å². The van der Waals surface area contributed by atoms with Gasteiger partial charge in [-0.3, -0.25) is 0 Å². The highest BCUT2D eigenvalue weighted by Gasteiger charge is 2.33. The van der Waals surface area contributed by atoms with Gasteiger partial charge in [-0.05, 0) is 49.7 Å². The number of phenols is 1. The predicted molar refractivity (Wildman–Crippen MR) is 73.7 cm³/mol. The molecule has 0 heterocycles. The Labute approximate surface area is 109 Å². The van der Waals surface area contributed by atoms with Crippen molar-refractivity contribution in [2.75, 3.05) is 0 Å². The van der Waals surface area contributed by atoms with Gasteiger partial charge in [-0.25, -0.2) is 0 Å². The van der Waals surface area contributed by atoms with Gasteiger partial charge in [0.25, 0.3) is 0 Å². The summed E-state index contributed by atoms with van der Waals surface area (Å²) in [7, 11) is 0. The van der Waals surface area contributed by atoms with Gasteiger partial charge in [-0.1, -0.05) is 31.4 Å². The van der Waals surface area contributed by atoms with Crippen molar-refractivity contribution in [2.45, 2.75) is 63.3 Å². The maximum absolute atomic E-state index is 10.6. The maximum atomic E-state index is 10.6. The van der Waals surface area contributed by atoms with Gasteiger partial charge in [0.05, 0.1) is 0 Å². The Morgan fingerprint density at radius 2 is 1.67 bits per heavy atom. The molecule has 0 bridgehead atoms. The highest BCUT2D eigenvalue weighted by atomic mass is 16.3. The van der Waals surface area contributed by atoms with Gasteiger partial charge in [0.1, 0.15) is 5.75 Å². The van der Waals surface area contributed by atoms with Crippen LogP contribution < -0.4 is 5.73 Å². The average Bonchev–Trinajstić information content (AvgIpc) is 2.40. The van der Waals surface area contributed by atoms with E-state index in [0.29, 0.717) is 5.75 Å². The number of hydrogen-bond acceptors (Lipinski definition) is 2. The Balaban J connectivity index is 2.02. The molecule has 0 atom stereocenters. The largest absolute Gasteiger partial charge is 0.507 e. The Hall–Kier alpha value is -1.02. The monoisotopic (exact) mass is 245 g/mol. The molecule has 0 amide bonds. The first kappa shape index (κ1) is 12.0. The highest BCUT2D eigenvalue weighted by Crippen LogP contribution is 2.42. The zero-order valence-corrected chi connectivity index (χ0v) is 11.0. The number of aryl methyl sites for hydroxylation is 1. The van der Waals surface area contributed by atoms with Gasteiger partial charge in [-0.2, -0.15) is 0 Å². The predicted octanol–water partition coefficient (Wildman–Crippen LogP) is 3.39. The van der Waals surface area contributed by atoms with Crippen molar-refractivity contribution in [1.82, 2.24) is 0 Å². The number of aromatic hydroxyl groups is 1. The quantitative estimate of drug-likeness (QED) is 0.796. The third kappa shape index (κ3) is 1.93. The summed E-state index contributed by atoms with van der Waals surface area (Å²) in [5, 5.41) is 10.6. The molecule has 0 saturated heterocycles. The molecule has 1 aromatic carbocycles. The fraction of sp³-hybridized carbons (Fsp3) is 0.625. The van der Waals surface area contributed by atoms with Crippen LogP contribution in [0.25, 0.3) is 0 Å². The molecule has 98 valence electrons. The molecule has 18 heavy (non-hydrogen) atoms. The van der Waals surface area contributed by atoms with Gasteiger partial charge in [0.15, 0.2) is 0 Å². The van der Waals surface area contributed by atoms with E-state index in [0.717, 1.165) is 31.2 Å². The molecular formula is C16H23NO. The normalized spacial score (nSPS) is 22.5. The summed E-state index contributed by atoms with van der Waals surface area (Å²) in [5.41, 5.74) is 9.78. The second kappa shape index (κ2) is 4.58. The van der Waals surface area contributed by atoms with Gasteiger partial charge >= 0.3 is 0 Å². The lowest BCUT2D eigenvalue weighted by Crippen LogP contribution is -2.38. The molecular weight excluding hydrogens is 222 g/mol. The van der Waals surface area contributed by atoms with Crippen LogP contribution in [-0.4, -0.2) is 5.11 Å². The Kier molecular flexibility index (Phi) is 3.06. The van der Waals surface area contributed by atoms with Gasteiger partial charge < -0.3 is 10.8 Å². The molecule has 1 fully saturated rings. The molecule has 0 radical (unpaired) electrons. The van der Waals surface area contributed by atoms with Crippen LogP contribution in [0.4, 0.5) is 0 Å². The van der Waals surface area contributed by atoms with E-state index in [1.165, 1.54) is 43.2 Å². The first-order chi connectivity index (χ1) is 8.71. The fourth-order valence-electron chi connectivity index (χ4n) is 3.66. The van der Waals surface area contributed by atoms with Crippen LogP contribution in [0.2, 0.25) is 0 Å². The van der Waals surface area contributed by atoms with Crippen molar-refractivity contribution in [2.24, 2.45) is 5.73 Å². The van der Waals surface area contributed by atoms with E-state index in [-0.39, 0.29) is 5.54 Å². The first-order valence-electron chi connectivity index (χ1n) is 7.34. The van der Waals surface area contributed by atoms with Crippen molar-refractivity contribution < 1.29 is 5.11 Å². The van der Waals surface area contributed by atoms with Crippen LogP contribution in [-0.2, 0) is 18.4 Å². The van der Waals surface area contributed by atoms with Crippen LogP contribution in [0.1, 0.15) is 61.6 Å². The lowest BCUT2D eigenvalue weighted by molar-refractivity contribution is 0.291. The van der Waals surface area contributed by atoms with E-state index in [1.807, 2.05) is 0 Å². The zero-order valence-electron chi connectivity index (χ0n) is 11.0. The number of hydrogen-bond donors (Lipinski definition) is 2. The first-order valence-corrected chi connectivity index (χ1v) is 7.34. The summed E-state index contributed by atoms with van der Waals surface area (Å²) in [4.78, 5) is 0. The maximum Gasteiger partial charge on any atom is 0.124 e. The standard InChI is InChI=1S/C16H23NO/c17-16(10-4-1-5-11-16)14-9-8-12-6-2-3-7-13(12)15(14)18/h8-9,18H,1-7,10-11,17H2. The average molecular weight is 245 g/mol. The Morgan fingerprint density at radius 1 is 0.944 bits per heavy atom. The number of benzene rings is 1. The Morgan fingerprint density at radius 3 is 2.44 bits per heavy atom. The molecule has 1 aromatic rings. The summed E-state index contributed by atoms with van der Waals surface area (Å²) in [6.45, 7) is 0. The minimum Gasteiger partial charge on any atom is -0.507 e. The second-order valence-electron chi connectivity index (χ2n) is 6.02. The van der Waals surface area contributed by atoms with E-state index in [4.69, 9.17) is 5.73 Å². The van der Waals surface area contributed by atoms with E-state index < -0.39 is 0 Å². The molecule has 2 heteroatoms. The molecule has 0 unspecified atom stereocenters. The number of nitrogens with two attached hydrogens (primary N) is 1. The molecule has 3 rings (SSSR count). The number of fused-ring (bicyclic) bond motifs is 1. The van der Waals surface area contributed by atoms with Crippen LogP contribution in [0.3, 0.4) is 0 Å². The molecule has 2 aliphatic carbocycles. The highest BCUT2D eigenvalue weighted by molar-refractivity contribution is 5.49. The smallest absolute Gasteiger partial charge is 0.124 e. The minimum atomic E-state index is -0.283. The second-order valence-corrected chi connectivity index (χ2v) is 6.02. The fourth-order valence-corrected chi connectivity index (χ4v) is 3.66. The molecule has 2 aliphatic rings. The third-order valence-electron chi connectivity index (χ3n) is 4.78. The van der Waals surface area contributed by atoms with E-state index in [1.54, 1.807) is 0 Å². The van der Waals surface area contributed by atoms with Crippen LogP contribution >= 0.6 is 0 Å².